The van der Waals surface area contributed by atoms with Gasteiger partial charge in [0.2, 0.25) is 5.75 Å². The normalized spacial score (nSPS) is 20.0. The molecule has 1 aromatic carbocycles. The first-order chi connectivity index (χ1) is 11.1. The molecule has 8 nitrogen and oxygen atoms in total. The van der Waals surface area contributed by atoms with Crippen molar-refractivity contribution in [2.45, 2.75) is 6.04 Å². The van der Waals surface area contributed by atoms with E-state index in [0.717, 1.165) is 0 Å². The van der Waals surface area contributed by atoms with Gasteiger partial charge in [0.15, 0.2) is 17.5 Å². The molecule has 2 heterocycles. The van der Waals surface area contributed by atoms with Gasteiger partial charge < -0.3 is 29.0 Å². The van der Waals surface area contributed by atoms with Gasteiger partial charge in [-0.2, -0.15) is 0 Å². The first kappa shape index (κ1) is 15.4. The van der Waals surface area contributed by atoms with Crippen LogP contribution in [-0.4, -0.2) is 68.0 Å². The maximum atomic E-state index is 12.7. The summed E-state index contributed by atoms with van der Waals surface area (Å²) in [6.07, 6.45) is 0. The van der Waals surface area contributed by atoms with Crippen molar-refractivity contribution in [2.75, 3.05) is 40.1 Å². The number of amides is 1. The van der Waals surface area contributed by atoms with Crippen LogP contribution in [0.2, 0.25) is 0 Å². The third-order valence-electron chi connectivity index (χ3n) is 3.75. The monoisotopic (exact) mass is 323 g/mol. The topological polar surface area (TPSA) is 94.5 Å². The summed E-state index contributed by atoms with van der Waals surface area (Å²) in [7, 11) is 1.47. The summed E-state index contributed by atoms with van der Waals surface area (Å²) in [5, 5.41) is 9.25. The molecule has 0 spiro atoms. The molecule has 23 heavy (non-hydrogen) atoms. The van der Waals surface area contributed by atoms with E-state index in [9.17, 15) is 14.7 Å². The average Bonchev–Trinajstić information content (AvgIpc) is 2.60. The minimum Gasteiger partial charge on any atom is -0.493 e. The third-order valence-corrected chi connectivity index (χ3v) is 3.75. The van der Waals surface area contributed by atoms with Gasteiger partial charge in [0, 0.05) is 12.1 Å². The predicted molar refractivity (Wildman–Crippen MR) is 77.3 cm³/mol. The summed E-state index contributed by atoms with van der Waals surface area (Å²) in [4.78, 5) is 25.3. The highest BCUT2D eigenvalue weighted by Gasteiger charge is 2.34. The van der Waals surface area contributed by atoms with E-state index >= 15 is 0 Å². The van der Waals surface area contributed by atoms with Crippen molar-refractivity contribution < 1.29 is 33.6 Å². The van der Waals surface area contributed by atoms with Gasteiger partial charge in [-0.1, -0.05) is 0 Å². The Morgan fingerprint density at radius 3 is 2.78 bits per heavy atom. The van der Waals surface area contributed by atoms with Gasteiger partial charge in [0.25, 0.3) is 5.91 Å². The Balaban J connectivity index is 1.94. The zero-order valence-corrected chi connectivity index (χ0v) is 12.6. The summed E-state index contributed by atoms with van der Waals surface area (Å²) in [6, 6.07) is 2.08. The Hall–Kier alpha value is -2.48. The van der Waals surface area contributed by atoms with Gasteiger partial charge in [0.05, 0.1) is 20.3 Å². The fraction of sp³-hybridized carbons (Fsp3) is 0.467. The molecule has 1 N–H and O–H groups in total. The molecule has 2 aliphatic rings. The summed E-state index contributed by atoms with van der Waals surface area (Å²) < 4.78 is 21.4. The van der Waals surface area contributed by atoms with Crippen LogP contribution in [0.15, 0.2) is 12.1 Å². The summed E-state index contributed by atoms with van der Waals surface area (Å²) in [5.74, 6) is -0.254. The Morgan fingerprint density at radius 1 is 1.26 bits per heavy atom. The molecule has 1 fully saturated rings. The van der Waals surface area contributed by atoms with Gasteiger partial charge in [0.1, 0.15) is 13.2 Å². The molecule has 1 amide bonds. The van der Waals surface area contributed by atoms with Gasteiger partial charge in [-0.3, -0.25) is 4.79 Å². The number of nitrogens with zero attached hydrogens (tertiary/aromatic N) is 1. The quantitative estimate of drug-likeness (QED) is 0.860. The van der Waals surface area contributed by atoms with Gasteiger partial charge >= 0.3 is 5.97 Å². The van der Waals surface area contributed by atoms with E-state index in [1.807, 2.05) is 0 Å². The Kier molecular flexibility index (Phi) is 4.24. The van der Waals surface area contributed by atoms with Crippen molar-refractivity contribution in [3.05, 3.63) is 17.7 Å². The molecule has 124 valence electrons. The highest BCUT2D eigenvalue weighted by atomic mass is 16.6. The second kappa shape index (κ2) is 6.33. The van der Waals surface area contributed by atoms with Crippen molar-refractivity contribution in [2.24, 2.45) is 0 Å². The molecule has 0 radical (unpaired) electrons. The molecule has 8 heteroatoms. The lowest BCUT2D eigenvalue weighted by Crippen LogP contribution is -2.52. The van der Waals surface area contributed by atoms with Crippen LogP contribution >= 0.6 is 0 Å². The number of fused-ring (bicyclic) bond motifs is 1. The Labute approximate surface area is 132 Å². The van der Waals surface area contributed by atoms with E-state index in [4.69, 9.17) is 18.9 Å². The van der Waals surface area contributed by atoms with Gasteiger partial charge in [-0.05, 0) is 12.1 Å². The number of morpholine rings is 1. The number of benzene rings is 1. The number of carboxylic acids is 1. The number of carbonyl (C=O) groups excluding carboxylic acids is 1. The van der Waals surface area contributed by atoms with Crippen LogP contribution in [0.5, 0.6) is 17.2 Å². The maximum absolute atomic E-state index is 12.7. The van der Waals surface area contributed by atoms with Crippen molar-refractivity contribution in [3.8, 4) is 17.2 Å². The average molecular weight is 323 g/mol. The number of carbonyl (C=O) groups is 2. The lowest BCUT2D eigenvalue weighted by atomic mass is 10.1. The van der Waals surface area contributed by atoms with Gasteiger partial charge in [-0.25, -0.2) is 4.79 Å². The van der Waals surface area contributed by atoms with Crippen LogP contribution in [0.3, 0.4) is 0 Å². The number of rotatable bonds is 3. The standard InChI is InChI=1S/C15H17NO7/c1-20-11-6-9(7-12-13(11)23-5-4-22-12)14(17)16-2-3-21-8-10(16)15(18)19/h6-7,10H,2-5,8H2,1H3,(H,18,19). The molecule has 3 rings (SSSR count). The molecule has 1 saturated heterocycles. The molecular weight excluding hydrogens is 306 g/mol. The fourth-order valence-corrected chi connectivity index (χ4v) is 2.61. The van der Waals surface area contributed by atoms with E-state index < -0.39 is 17.9 Å². The van der Waals surface area contributed by atoms with Crippen LogP contribution in [0, 0.1) is 0 Å². The molecule has 0 aliphatic carbocycles. The Morgan fingerprint density at radius 2 is 2.04 bits per heavy atom. The van der Waals surface area contributed by atoms with Crippen LogP contribution in [0.4, 0.5) is 0 Å². The number of hydrogen-bond acceptors (Lipinski definition) is 6. The number of hydrogen-bond donors (Lipinski definition) is 1. The predicted octanol–water partition coefficient (Wildman–Crippen LogP) is 0.392. The van der Waals surface area contributed by atoms with E-state index in [-0.39, 0.29) is 13.2 Å². The second-order valence-electron chi connectivity index (χ2n) is 5.13. The van der Waals surface area contributed by atoms with E-state index in [0.29, 0.717) is 42.6 Å². The molecule has 2 aliphatic heterocycles. The Bertz CT molecular complexity index is 613. The second-order valence-corrected chi connectivity index (χ2v) is 5.13. The van der Waals surface area contributed by atoms with Gasteiger partial charge in [-0.15, -0.1) is 0 Å². The van der Waals surface area contributed by atoms with E-state index in [2.05, 4.69) is 0 Å². The van der Waals surface area contributed by atoms with Crippen molar-refractivity contribution in [1.82, 2.24) is 4.90 Å². The molecule has 0 saturated carbocycles. The van der Waals surface area contributed by atoms with E-state index in [1.54, 1.807) is 6.07 Å². The molecule has 0 bridgehead atoms. The lowest BCUT2D eigenvalue weighted by Gasteiger charge is -2.33. The summed E-state index contributed by atoms with van der Waals surface area (Å²) in [5.41, 5.74) is 0.291. The lowest BCUT2D eigenvalue weighted by molar-refractivity contribution is -0.147. The molecule has 0 aromatic heterocycles. The SMILES string of the molecule is COc1cc(C(=O)N2CCOCC2C(=O)O)cc2c1OCCO2. The van der Waals surface area contributed by atoms with Crippen molar-refractivity contribution in [1.29, 1.82) is 0 Å². The fourth-order valence-electron chi connectivity index (χ4n) is 2.61. The van der Waals surface area contributed by atoms with Crippen LogP contribution in [0.25, 0.3) is 0 Å². The zero-order chi connectivity index (χ0) is 16.4. The first-order valence-corrected chi connectivity index (χ1v) is 7.21. The number of methoxy groups -OCH3 is 1. The smallest absolute Gasteiger partial charge is 0.328 e. The third kappa shape index (κ3) is 2.89. The minimum atomic E-state index is -1.09. The largest absolute Gasteiger partial charge is 0.493 e. The molecule has 1 aromatic rings. The molecule has 1 unspecified atom stereocenters. The molecular formula is C15H17NO7. The minimum absolute atomic E-state index is 0.0250. The number of aliphatic carboxylic acids is 1. The maximum Gasteiger partial charge on any atom is 0.328 e. The summed E-state index contributed by atoms with van der Waals surface area (Å²) in [6.45, 7) is 1.27. The highest BCUT2D eigenvalue weighted by Crippen LogP contribution is 2.40. The van der Waals surface area contributed by atoms with Crippen LogP contribution < -0.4 is 14.2 Å². The van der Waals surface area contributed by atoms with Crippen molar-refractivity contribution >= 4 is 11.9 Å². The molecule has 1 atom stereocenters. The summed E-state index contributed by atoms with van der Waals surface area (Å²) >= 11 is 0. The number of ether oxygens (including phenoxy) is 4. The van der Waals surface area contributed by atoms with Crippen molar-refractivity contribution in [3.63, 3.8) is 0 Å². The zero-order valence-electron chi connectivity index (χ0n) is 12.6. The highest BCUT2D eigenvalue weighted by molar-refractivity contribution is 5.98. The van der Waals surface area contributed by atoms with Crippen LogP contribution in [0.1, 0.15) is 10.4 Å². The van der Waals surface area contributed by atoms with E-state index in [1.165, 1.54) is 18.1 Å². The number of carboxylic acid groups (broad SMARTS) is 1. The van der Waals surface area contributed by atoms with Crippen LogP contribution in [-0.2, 0) is 9.53 Å². The first-order valence-electron chi connectivity index (χ1n) is 7.21.